The molecule has 3 heterocycles. The van der Waals surface area contributed by atoms with Crippen LogP contribution in [-0.4, -0.2) is 64.3 Å². The Kier molecular flexibility index (Phi) is 4.70. The van der Waals surface area contributed by atoms with Gasteiger partial charge in [0.2, 0.25) is 5.91 Å². The molecule has 0 saturated carbocycles. The molecule has 0 aliphatic carbocycles. The van der Waals surface area contributed by atoms with Gasteiger partial charge in [-0.15, -0.1) is 0 Å². The first-order valence-electron chi connectivity index (χ1n) is 8.96. The number of carbonyl (C=O) groups is 2. The lowest BCUT2D eigenvalue weighted by Gasteiger charge is -2.36. The van der Waals surface area contributed by atoms with E-state index in [-0.39, 0.29) is 17.7 Å². The molecule has 25 heavy (non-hydrogen) atoms. The molecule has 132 valence electrons. The van der Waals surface area contributed by atoms with Gasteiger partial charge in [0.05, 0.1) is 5.92 Å². The van der Waals surface area contributed by atoms with E-state index in [0.29, 0.717) is 12.2 Å². The summed E-state index contributed by atoms with van der Waals surface area (Å²) in [6.45, 7) is 2.95. The number of thioether (sulfide) groups is 1. The lowest BCUT2D eigenvalue weighted by atomic mass is 9.96. The molecule has 1 atom stereocenters. The molecule has 5 nitrogen and oxygen atoms in total. The van der Waals surface area contributed by atoms with Crippen LogP contribution in [0.3, 0.4) is 0 Å². The number of hydrogen-bond acceptors (Lipinski definition) is 3. The molecule has 0 spiro atoms. The van der Waals surface area contributed by atoms with Crippen molar-refractivity contribution < 1.29 is 9.59 Å². The van der Waals surface area contributed by atoms with Gasteiger partial charge >= 0.3 is 0 Å². The average molecular weight is 357 g/mol. The number of carbonyl (C=O) groups excluding carboxylic acids is 2. The normalized spacial score (nSPS) is 21.5. The number of H-pyrrole nitrogens is 1. The zero-order valence-electron chi connectivity index (χ0n) is 14.2. The van der Waals surface area contributed by atoms with Crippen LogP contribution < -0.4 is 0 Å². The minimum absolute atomic E-state index is 0.00268. The van der Waals surface area contributed by atoms with Crippen LogP contribution in [0, 0.1) is 5.92 Å². The van der Waals surface area contributed by atoms with Crippen molar-refractivity contribution in [2.75, 3.05) is 37.7 Å². The van der Waals surface area contributed by atoms with Gasteiger partial charge in [-0.1, -0.05) is 18.2 Å². The van der Waals surface area contributed by atoms with Gasteiger partial charge in [-0.05, 0) is 25.0 Å². The summed E-state index contributed by atoms with van der Waals surface area (Å²) in [6.07, 6.45) is 1.78. The highest BCUT2D eigenvalue weighted by Gasteiger charge is 2.32. The number of aromatic amines is 1. The van der Waals surface area contributed by atoms with Crippen LogP contribution in [0.4, 0.5) is 0 Å². The van der Waals surface area contributed by atoms with Crippen molar-refractivity contribution in [3.05, 3.63) is 36.0 Å². The number of hydrogen-bond donors (Lipinski definition) is 1. The smallest absolute Gasteiger partial charge is 0.270 e. The summed E-state index contributed by atoms with van der Waals surface area (Å²) < 4.78 is 0. The second kappa shape index (κ2) is 7.12. The standard InChI is InChI=1S/C19H23N3O2S/c23-18(21-8-10-25-11-9-21)15-5-3-7-22(13-15)19(24)17-12-14-4-1-2-6-16(14)20-17/h1-2,4,6,12,15,20H,3,5,7-11,13H2/t15-/m1/s1. The summed E-state index contributed by atoms with van der Waals surface area (Å²) in [7, 11) is 0. The molecule has 2 aliphatic rings. The maximum absolute atomic E-state index is 12.9. The Morgan fingerprint density at radius 3 is 2.68 bits per heavy atom. The largest absolute Gasteiger partial charge is 0.351 e. The quantitative estimate of drug-likeness (QED) is 0.899. The molecule has 2 amide bonds. The van der Waals surface area contributed by atoms with E-state index in [4.69, 9.17) is 0 Å². The number of nitrogens with one attached hydrogen (secondary N) is 1. The predicted molar refractivity (Wildman–Crippen MR) is 101 cm³/mol. The molecule has 6 heteroatoms. The number of amides is 2. The van der Waals surface area contributed by atoms with Crippen molar-refractivity contribution in [1.82, 2.24) is 14.8 Å². The number of likely N-dealkylation sites (tertiary alicyclic amines) is 1. The van der Waals surface area contributed by atoms with E-state index >= 15 is 0 Å². The third kappa shape index (κ3) is 3.40. The maximum atomic E-state index is 12.9. The second-order valence-electron chi connectivity index (χ2n) is 6.80. The number of piperidine rings is 1. The van der Waals surface area contributed by atoms with E-state index in [1.54, 1.807) is 0 Å². The van der Waals surface area contributed by atoms with Gasteiger partial charge in [-0.3, -0.25) is 9.59 Å². The van der Waals surface area contributed by atoms with Gasteiger partial charge < -0.3 is 14.8 Å². The first-order valence-corrected chi connectivity index (χ1v) is 10.1. The number of aromatic nitrogens is 1. The minimum atomic E-state index is -0.0508. The van der Waals surface area contributed by atoms with Gasteiger partial charge in [-0.25, -0.2) is 0 Å². The molecule has 0 bridgehead atoms. The van der Waals surface area contributed by atoms with Gasteiger partial charge in [0, 0.05) is 48.6 Å². The average Bonchev–Trinajstić information content (AvgIpc) is 3.12. The molecular weight excluding hydrogens is 334 g/mol. The summed E-state index contributed by atoms with van der Waals surface area (Å²) in [6, 6.07) is 9.81. The van der Waals surface area contributed by atoms with Crippen molar-refractivity contribution in [1.29, 1.82) is 0 Å². The summed E-state index contributed by atoms with van der Waals surface area (Å²) in [5, 5.41) is 1.04. The Balaban J connectivity index is 1.46. The Morgan fingerprint density at radius 2 is 1.88 bits per heavy atom. The Bertz CT molecular complexity index is 749. The summed E-state index contributed by atoms with van der Waals surface area (Å²) >= 11 is 1.90. The molecule has 0 radical (unpaired) electrons. The van der Waals surface area contributed by atoms with Crippen LogP contribution in [0.2, 0.25) is 0 Å². The molecule has 1 N–H and O–H groups in total. The fraction of sp³-hybridized carbons (Fsp3) is 0.474. The molecule has 2 fully saturated rings. The lowest BCUT2D eigenvalue weighted by molar-refractivity contribution is -0.136. The highest BCUT2D eigenvalue weighted by Crippen LogP contribution is 2.23. The van der Waals surface area contributed by atoms with Crippen LogP contribution >= 0.6 is 11.8 Å². The Labute approximate surface area is 151 Å². The van der Waals surface area contributed by atoms with Crippen LogP contribution in [0.1, 0.15) is 23.3 Å². The van der Waals surface area contributed by atoms with Crippen LogP contribution in [0.5, 0.6) is 0 Å². The van der Waals surface area contributed by atoms with E-state index in [1.165, 1.54) is 0 Å². The molecule has 1 aromatic heterocycles. The van der Waals surface area contributed by atoms with Crippen LogP contribution in [-0.2, 0) is 4.79 Å². The zero-order chi connectivity index (χ0) is 17.2. The SMILES string of the molecule is O=C(c1cc2ccccc2[nH]1)N1CCC[C@@H](C(=O)N2CCSCC2)C1. The zero-order valence-corrected chi connectivity index (χ0v) is 15.1. The topological polar surface area (TPSA) is 56.4 Å². The number of fused-ring (bicyclic) bond motifs is 1. The number of para-hydroxylation sites is 1. The molecule has 0 unspecified atom stereocenters. The van der Waals surface area contributed by atoms with Gasteiger partial charge in [0.15, 0.2) is 0 Å². The van der Waals surface area contributed by atoms with E-state index in [0.717, 1.165) is 54.9 Å². The maximum Gasteiger partial charge on any atom is 0.270 e. The van der Waals surface area contributed by atoms with Crippen LogP contribution in [0.25, 0.3) is 10.9 Å². The predicted octanol–water partition coefficient (Wildman–Crippen LogP) is 2.60. The summed E-state index contributed by atoms with van der Waals surface area (Å²) in [5.74, 6) is 2.23. The number of benzene rings is 1. The summed E-state index contributed by atoms with van der Waals surface area (Å²) in [4.78, 5) is 32.7. The third-order valence-electron chi connectivity index (χ3n) is 5.14. The van der Waals surface area contributed by atoms with E-state index in [2.05, 4.69) is 4.98 Å². The van der Waals surface area contributed by atoms with Gasteiger partial charge in [-0.2, -0.15) is 11.8 Å². The fourth-order valence-electron chi connectivity index (χ4n) is 3.76. The highest BCUT2D eigenvalue weighted by molar-refractivity contribution is 7.99. The molecule has 2 aromatic rings. The minimum Gasteiger partial charge on any atom is -0.351 e. The second-order valence-corrected chi connectivity index (χ2v) is 8.02. The highest BCUT2D eigenvalue weighted by atomic mass is 32.2. The first-order chi connectivity index (χ1) is 12.2. The van der Waals surface area contributed by atoms with Crippen molar-refractivity contribution in [2.24, 2.45) is 5.92 Å². The Morgan fingerprint density at radius 1 is 1.08 bits per heavy atom. The number of rotatable bonds is 2. The number of nitrogens with zero attached hydrogens (tertiary/aromatic N) is 2. The molecule has 2 saturated heterocycles. The molecule has 4 rings (SSSR count). The molecule has 2 aliphatic heterocycles. The monoisotopic (exact) mass is 357 g/mol. The third-order valence-corrected chi connectivity index (χ3v) is 6.08. The fourth-order valence-corrected chi connectivity index (χ4v) is 4.67. The Hall–Kier alpha value is -1.95. The van der Waals surface area contributed by atoms with Crippen LogP contribution in [0.15, 0.2) is 30.3 Å². The summed E-state index contributed by atoms with van der Waals surface area (Å²) in [5.41, 5.74) is 1.59. The van der Waals surface area contributed by atoms with E-state index in [9.17, 15) is 9.59 Å². The van der Waals surface area contributed by atoms with Gasteiger partial charge in [0.25, 0.3) is 5.91 Å². The molecular formula is C19H23N3O2S. The van der Waals surface area contributed by atoms with Crippen molar-refractivity contribution in [3.8, 4) is 0 Å². The van der Waals surface area contributed by atoms with Crippen molar-refractivity contribution >= 4 is 34.5 Å². The van der Waals surface area contributed by atoms with Gasteiger partial charge in [0.1, 0.15) is 5.69 Å². The van der Waals surface area contributed by atoms with E-state index in [1.807, 2.05) is 51.9 Å². The van der Waals surface area contributed by atoms with Crippen molar-refractivity contribution in [2.45, 2.75) is 12.8 Å². The van der Waals surface area contributed by atoms with E-state index < -0.39 is 0 Å². The molecule has 1 aromatic carbocycles. The van der Waals surface area contributed by atoms with Crippen molar-refractivity contribution in [3.63, 3.8) is 0 Å². The lowest BCUT2D eigenvalue weighted by Crippen LogP contribution is -2.48. The first kappa shape index (κ1) is 16.5.